The molecular formula is C7H8N2O. The van der Waals surface area contributed by atoms with Gasteiger partial charge < -0.3 is 11.5 Å². The smallest absolute Gasteiger partial charge is 0.248 e. The second-order valence-electron chi connectivity index (χ2n) is 1.99. The van der Waals surface area contributed by atoms with Crippen molar-refractivity contribution >= 4 is 11.6 Å². The predicted octanol–water partition coefficient (Wildman–Crippen LogP) is 0.368. The molecule has 0 bridgehead atoms. The molecule has 0 saturated heterocycles. The number of nitrogen functional groups attached to an aromatic ring is 1. The summed E-state index contributed by atoms with van der Waals surface area (Å²) in [6, 6.07) is 6.56. The number of primary amides is 1. The van der Waals surface area contributed by atoms with Gasteiger partial charge in [0.25, 0.3) is 0 Å². The second kappa shape index (κ2) is 2.39. The number of carbonyl (C=O) groups excluding carboxylic acids is 1. The van der Waals surface area contributed by atoms with Crippen LogP contribution >= 0.6 is 0 Å². The number of benzene rings is 1. The monoisotopic (exact) mass is 135 g/mol. The molecule has 1 aromatic carbocycles. The van der Waals surface area contributed by atoms with Gasteiger partial charge in [-0.05, 0) is 18.2 Å². The molecule has 0 aliphatic carbocycles. The van der Waals surface area contributed by atoms with Gasteiger partial charge in [-0.15, -0.1) is 0 Å². The standard InChI is InChI=1S/C7H8N2O/c8-6-3-1-2-5(4-6)7(9)10/h1-4H,8H2,(H2,9,10)/i7-1. The minimum Gasteiger partial charge on any atom is -0.399 e. The molecule has 0 saturated carbocycles. The summed E-state index contributed by atoms with van der Waals surface area (Å²) in [6.07, 6.45) is 0. The molecule has 10 heavy (non-hydrogen) atoms. The van der Waals surface area contributed by atoms with Gasteiger partial charge in [0.1, 0.15) is 0 Å². The van der Waals surface area contributed by atoms with Gasteiger partial charge >= 0.3 is 0 Å². The van der Waals surface area contributed by atoms with Gasteiger partial charge in [0, 0.05) is 11.3 Å². The van der Waals surface area contributed by atoms with Crippen LogP contribution in [0.5, 0.6) is 0 Å². The molecule has 1 amide bonds. The fourth-order valence-electron chi connectivity index (χ4n) is 0.692. The highest BCUT2D eigenvalue weighted by atomic mass is 16.1. The summed E-state index contributed by atoms with van der Waals surface area (Å²) in [5.41, 5.74) is 11.4. The van der Waals surface area contributed by atoms with E-state index in [2.05, 4.69) is 0 Å². The van der Waals surface area contributed by atoms with E-state index < -0.39 is 5.91 Å². The topological polar surface area (TPSA) is 69.1 Å². The van der Waals surface area contributed by atoms with E-state index in [1.165, 1.54) is 0 Å². The molecule has 52 valence electrons. The summed E-state index contributed by atoms with van der Waals surface area (Å²) in [6.45, 7) is 0. The van der Waals surface area contributed by atoms with Crippen molar-refractivity contribution in [3.63, 3.8) is 0 Å². The molecule has 0 spiro atoms. The predicted molar refractivity (Wildman–Crippen MR) is 39.4 cm³/mol. The number of amides is 1. The molecule has 3 heteroatoms. The number of nitrogens with two attached hydrogens (primary N) is 2. The zero-order chi connectivity index (χ0) is 7.56. The average molecular weight is 135 g/mol. The maximum absolute atomic E-state index is 10.5. The Morgan fingerprint density at radius 3 is 2.50 bits per heavy atom. The molecule has 0 heterocycles. The summed E-state index contributed by atoms with van der Waals surface area (Å²) in [5.74, 6) is -0.452. The first-order valence-corrected chi connectivity index (χ1v) is 2.85. The van der Waals surface area contributed by atoms with Crippen molar-refractivity contribution in [3.8, 4) is 0 Å². The first-order valence-electron chi connectivity index (χ1n) is 2.85. The quantitative estimate of drug-likeness (QED) is 0.546. The molecule has 1 rings (SSSR count). The molecule has 0 aromatic heterocycles. The van der Waals surface area contributed by atoms with E-state index in [1.54, 1.807) is 24.3 Å². The van der Waals surface area contributed by atoms with E-state index in [4.69, 9.17) is 11.5 Å². The van der Waals surface area contributed by atoms with Crippen LogP contribution in [0, 0.1) is 0 Å². The van der Waals surface area contributed by atoms with Crippen molar-refractivity contribution in [2.45, 2.75) is 0 Å². The minimum atomic E-state index is -0.452. The van der Waals surface area contributed by atoms with Gasteiger partial charge in [-0.3, -0.25) is 4.79 Å². The van der Waals surface area contributed by atoms with Crippen LogP contribution in [0.2, 0.25) is 0 Å². The first kappa shape index (κ1) is 6.61. The van der Waals surface area contributed by atoms with Crippen LogP contribution in [0.25, 0.3) is 0 Å². The molecule has 0 atom stereocenters. The van der Waals surface area contributed by atoms with Crippen LogP contribution < -0.4 is 11.5 Å². The minimum absolute atomic E-state index is 0.444. The third kappa shape index (κ3) is 1.25. The lowest BCUT2D eigenvalue weighted by atomic mass is 9.90. The number of carbonyl (C=O) groups is 1. The van der Waals surface area contributed by atoms with Crippen LogP contribution in [0.3, 0.4) is 0 Å². The van der Waals surface area contributed by atoms with Crippen molar-refractivity contribution in [3.05, 3.63) is 29.8 Å². The van der Waals surface area contributed by atoms with E-state index in [-0.39, 0.29) is 0 Å². The molecule has 0 radical (unpaired) electrons. The van der Waals surface area contributed by atoms with Crippen LogP contribution in [0.4, 0.5) is 5.69 Å². The van der Waals surface area contributed by atoms with Gasteiger partial charge in [0.2, 0.25) is 5.91 Å². The average Bonchev–Trinajstić information content (AvgIpc) is 1.88. The molecule has 1 aromatic rings. The Balaban J connectivity index is 3.07. The lowest BCUT2D eigenvalue weighted by molar-refractivity contribution is 0.100. The Labute approximate surface area is 58.6 Å². The molecule has 0 unspecified atom stereocenters. The summed E-state index contributed by atoms with van der Waals surface area (Å²) in [7, 11) is 0. The van der Waals surface area contributed by atoms with Gasteiger partial charge in [0.05, 0.1) is 0 Å². The Morgan fingerprint density at radius 1 is 1.40 bits per heavy atom. The fraction of sp³-hybridized carbons (Fsp3) is 0. The second-order valence-corrected chi connectivity index (χ2v) is 1.99. The van der Waals surface area contributed by atoms with E-state index in [9.17, 15) is 4.79 Å². The highest BCUT2D eigenvalue weighted by Crippen LogP contribution is 2.04. The Hall–Kier alpha value is -1.51. The highest BCUT2D eigenvalue weighted by Gasteiger charge is 1.97. The van der Waals surface area contributed by atoms with E-state index >= 15 is 0 Å². The van der Waals surface area contributed by atoms with Crippen molar-refractivity contribution < 1.29 is 4.79 Å². The van der Waals surface area contributed by atoms with Crippen LogP contribution in [0.1, 0.15) is 10.4 Å². The largest absolute Gasteiger partial charge is 0.399 e. The Morgan fingerprint density at radius 2 is 2.10 bits per heavy atom. The Kier molecular flexibility index (Phi) is 1.58. The van der Waals surface area contributed by atoms with Gasteiger partial charge in [0.15, 0.2) is 0 Å². The van der Waals surface area contributed by atoms with Gasteiger partial charge in [-0.1, -0.05) is 6.07 Å². The lowest BCUT2D eigenvalue weighted by Gasteiger charge is -1.94. The van der Waals surface area contributed by atoms with Crippen LogP contribution in [-0.4, -0.2) is 5.91 Å². The third-order valence-electron chi connectivity index (χ3n) is 1.17. The summed E-state index contributed by atoms with van der Waals surface area (Å²) >= 11 is 0. The molecule has 4 N–H and O–H groups in total. The number of hydrogen-bond donors (Lipinski definition) is 2. The van der Waals surface area contributed by atoms with Crippen molar-refractivity contribution in [1.29, 1.82) is 0 Å². The molecule has 0 aliphatic rings. The van der Waals surface area contributed by atoms with E-state index in [1.807, 2.05) is 0 Å². The normalized spacial score (nSPS) is 9.20. The first-order chi connectivity index (χ1) is 4.70. The van der Waals surface area contributed by atoms with Gasteiger partial charge in [-0.25, -0.2) is 0 Å². The number of hydrogen-bond acceptors (Lipinski definition) is 2. The van der Waals surface area contributed by atoms with Gasteiger partial charge in [-0.2, -0.15) is 0 Å². The van der Waals surface area contributed by atoms with Crippen molar-refractivity contribution in [2.75, 3.05) is 5.73 Å². The molecular weight excluding hydrogens is 127 g/mol. The Bertz CT molecular complexity index is 258. The fourth-order valence-corrected chi connectivity index (χ4v) is 0.692. The number of anilines is 1. The van der Waals surface area contributed by atoms with Crippen molar-refractivity contribution in [2.24, 2.45) is 5.73 Å². The number of rotatable bonds is 1. The third-order valence-corrected chi connectivity index (χ3v) is 1.17. The zero-order valence-electron chi connectivity index (χ0n) is 5.37. The summed E-state index contributed by atoms with van der Waals surface area (Å²) < 4.78 is 0. The van der Waals surface area contributed by atoms with E-state index in [0.29, 0.717) is 11.3 Å². The van der Waals surface area contributed by atoms with Crippen LogP contribution in [0.15, 0.2) is 24.3 Å². The molecule has 0 fully saturated rings. The van der Waals surface area contributed by atoms with E-state index in [0.717, 1.165) is 0 Å². The molecule has 3 nitrogen and oxygen atoms in total. The van der Waals surface area contributed by atoms with Crippen LogP contribution in [-0.2, 0) is 0 Å². The molecule has 0 aliphatic heterocycles. The summed E-state index contributed by atoms with van der Waals surface area (Å²) in [4.78, 5) is 10.5. The SMILES string of the molecule is Nc1cccc([11C](N)=O)c1. The van der Waals surface area contributed by atoms with Crippen molar-refractivity contribution in [1.82, 2.24) is 0 Å². The maximum Gasteiger partial charge on any atom is 0.248 e. The highest BCUT2D eigenvalue weighted by molar-refractivity contribution is 5.93. The maximum atomic E-state index is 10.5. The summed E-state index contributed by atoms with van der Waals surface area (Å²) in [5, 5.41) is 0. The lowest BCUT2D eigenvalue weighted by Crippen LogP contribution is -2.10. The zero-order valence-corrected chi connectivity index (χ0v) is 5.37.